The molecule has 1 aromatic heterocycles. The molecule has 0 N–H and O–H groups in total. The van der Waals surface area contributed by atoms with Crippen LogP contribution in [0.4, 0.5) is 4.39 Å². The molecule has 0 fully saturated rings. The van der Waals surface area contributed by atoms with Gasteiger partial charge in [-0.1, -0.05) is 34.1 Å². The number of halogens is 2. The van der Waals surface area contributed by atoms with Gasteiger partial charge < -0.3 is 0 Å². The second-order valence-corrected chi connectivity index (χ2v) is 6.10. The molecule has 3 aromatic rings. The molecule has 0 spiro atoms. The minimum atomic E-state index is -0.234. The summed E-state index contributed by atoms with van der Waals surface area (Å²) in [7, 11) is 0. The number of aryl methyl sites for hydroxylation is 1. The van der Waals surface area contributed by atoms with Gasteiger partial charge in [0.05, 0.1) is 11.2 Å². The molecule has 0 unspecified atom stereocenters. The number of nitrogens with zero attached hydrogens (tertiary/aromatic N) is 1. The van der Waals surface area contributed by atoms with Gasteiger partial charge in [-0.2, -0.15) is 0 Å². The van der Waals surface area contributed by atoms with Gasteiger partial charge in [0.25, 0.3) is 0 Å². The zero-order valence-corrected chi connectivity index (χ0v) is 14.0. The van der Waals surface area contributed by atoms with E-state index >= 15 is 0 Å². The third-order valence-corrected chi connectivity index (χ3v) is 4.19. The maximum atomic E-state index is 13.2. The monoisotopic (exact) mass is 355 g/mol. The predicted molar refractivity (Wildman–Crippen MR) is 94.3 cm³/mol. The third kappa shape index (κ3) is 2.81. The Morgan fingerprint density at radius 2 is 1.82 bits per heavy atom. The first kappa shape index (κ1) is 14.9. The lowest BCUT2D eigenvalue weighted by molar-refractivity contribution is 0.628. The van der Waals surface area contributed by atoms with Crippen LogP contribution in [0.5, 0.6) is 0 Å². The normalized spacial score (nSPS) is 11.5. The first-order valence-corrected chi connectivity index (χ1v) is 7.87. The Morgan fingerprint density at radius 3 is 2.50 bits per heavy atom. The summed E-state index contributed by atoms with van der Waals surface area (Å²) in [5.41, 5.74) is 4.95. The number of fused-ring (bicyclic) bond motifs is 1. The van der Waals surface area contributed by atoms with Crippen LogP contribution in [-0.4, -0.2) is 4.98 Å². The van der Waals surface area contributed by atoms with Gasteiger partial charge in [-0.25, -0.2) is 9.37 Å². The van der Waals surface area contributed by atoms with Crippen molar-refractivity contribution in [2.75, 3.05) is 0 Å². The molecule has 0 saturated heterocycles. The Morgan fingerprint density at radius 1 is 1.09 bits per heavy atom. The molecule has 110 valence electrons. The van der Waals surface area contributed by atoms with Crippen molar-refractivity contribution in [3.63, 3.8) is 0 Å². The van der Waals surface area contributed by atoms with E-state index in [2.05, 4.69) is 41.1 Å². The minimum Gasteiger partial charge on any atom is -0.248 e. The van der Waals surface area contributed by atoms with Gasteiger partial charge >= 0.3 is 0 Å². The fraction of sp³-hybridized carbons (Fsp3) is 0.105. The highest BCUT2D eigenvalue weighted by atomic mass is 79.9. The molecule has 0 bridgehead atoms. The van der Waals surface area contributed by atoms with E-state index in [1.807, 2.05) is 19.1 Å². The summed E-state index contributed by atoms with van der Waals surface area (Å²) in [6.07, 6.45) is 3.94. The van der Waals surface area contributed by atoms with Gasteiger partial charge in [-0.15, -0.1) is 0 Å². The molecule has 1 heterocycles. The second kappa shape index (κ2) is 6.01. The highest BCUT2D eigenvalue weighted by Gasteiger charge is 2.10. The molecular formula is C19H15BrFN. The zero-order chi connectivity index (χ0) is 15.7. The zero-order valence-electron chi connectivity index (χ0n) is 12.4. The number of rotatable bonds is 2. The van der Waals surface area contributed by atoms with Crippen molar-refractivity contribution in [3.8, 4) is 11.1 Å². The SMILES string of the molecule is C/C=C/c1nc2cc(C)cc(Br)c2cc1-c1ccc(F)cc1. The van der Waals surface area contributed by atoms with Crippen LogP contribution >= 0.6 is 15.9 Å². The standard InChI is InChI=1S/C19H15BrFN/c1-3-4-18-15(13-5-7-14(21)8-6-13)11-16-17(20)9-12(2)10-19(16)22-18/h3-11H,1-2H3/b4-3+. The lowest BCUT2D eigenvalue weighted by Crippen LogP contribution is -1.92. The lowest BCUT2D eigenvalue weighted by Gasteiger charge is -2.10. The van der Waals surface area contributed by atoms with E-state index in [0.29, 0.717) is 0 Å². The fourth-order valence-electron chi connectivity index (χ4n) is 2.52. The second-order valence-electron chi connectivity index (χ2n) is 5.24. The maximum absolute atomic E-state index is 13.2. The van der Waals surface area contributed by atoms with E-state index in [4.69, 9.17) is 4.98 Å². The highest BCUT2D eigenvalue weighted by Crippen LogP contribution is 2.32. The number of aromatic nitrogens is 1. The van der Waals surface area contributed by atoms with Crippen molar-refractivity contribution in [2.24, 2.45) is 0 Å². The topological polar surface area (TPSA) is 12.9 Å². The largest absolute Gasteiger partial charge is 0.248 e. The summed E-state index contributed by atoms with van der Waals surface area (Å²) in [5.74, 6) is -0.234. The Bertz CT molecular complexity index is 867. The van der Waals surface area contributed by atoms with Gasteiger partial charge in [0.2, 0.25) is 0 Å². The van der Waals surface area contributed by atoms with Crippen molar-refractivity contribution < 1.29 is 4.39 Å². The highest BCUT2D eigenvalue weighted by molar-refractivity contribution is 9.10. The average Bonchev–Trinajstić information content (AvgIpc) is 2.48. The van der Waals surface area contributed by atoms with Crippen molar-refractivity contribution in [3.05, 3.63) is 70.1 Å². The molecular weight excluding hydrogens is 341 g/mol. The molecule has 0 amide bonds. The van der Waals surface area contributed by atoms with Crippen LogP contribution in [-0.2, 0) is 0 Å². The molecule has 0 aliphatic heterocycles. The van der Waals surface area contributed by atoms with Crippen molar-refractivity contribution in [2.45, 2.75) is 13.8 Å². The number of allylic oxidation sites excluding steroid dienone is 1. The number of hydrogen-bond donors (Lipinski definition) is 0. The van der Waals surface area contributed by atoms with Crippen molar-refractivity contribution in [1.29, 1.82) is 0 Å². The van der Waals surface area contributed by atoms with E-state index in [0.717, 1.165) is 37.8 Å². The molecule has 2 aromatic carbocycles. The number of hydrogen-bond acceptors (Lipinski definition) is 1. The van der Waals surface area contributed by atoms with Gasteiger partial charge in [0.1, 0.15) is 5.82 Å². The molecule has 3 rings (SSSR count). The average molecular weight is 356 g/mol. The van der Waals surface area contributed by atoms with Crippen LogP contribution in [0.2, 0.25) is 0 Å². The first-order valence-electron chi connectivity index (χ1n) is 7.08. The molecule has 0 saturated carbocycles. The van der Waals surface area contributed by atoms with Crippen LogP contribution in [0.15, 0.2) is 53.0 Å². The summed E-state index contributed by atoms with van der Waals surface area (Å²) >= 11 is 3.61. The smallest absolute Gasteiger partial charge is 0.123 e. The Kier molecular flexibility index (Phi) is 4.08. The molecule has 0 aliphatic carbocycles. The Labute approximate surface area is 137 Å². The van der Waals surface area contributed by atoms with E-state index in [9.17, 15) is 4.39 Å². The Hall–Kier alpha value is -2.00. The summed E-state index contributed by atoms with van der Waals surface area (Å²) in [6.45, 7) is 4.02. The van der Waals surface area contributed by atoms with Crippen molar-refractivity contribution >= 4 is 32.9 Å². The maximum Gasteiger partial charge on any atom is 0.123 e. The first-order chi connectivity index (χ1) is 10.6. The molecule has 22 heavy (non-hydrogen) atoms. The van der Waals surface area contributed by atoms with Gasteiger partial charge in [0.15, 0.2) is 0 Å². The summed E-state index contributed by atoms with van der Waals surface area (Å²) < 4.78 is 14.2. The van der Waals surface area contributed by atoms with Crippen LogP contribution < -0.4 is 0 Å². The Balaban J connectivity index is 2.31. The van der Waals surface area contributed by atoms with E-state index in [1.54, 1.807) is 12.1 Å². The summed E-state index contributed by atoms with van der Waals surface area (Å²) in [6, 6.07) is 12.8. The van der Waals surface area contributed by atoms with Gasteiger partial charge in [-0.3, -0.25) is 0 Å². The number of pyridine rings is 1. The molecule has 0 atom stereocenters. The van der Waals surface area contributed by atoms with Crippen LogP contribution in [0.25, 0.3) is 28.1 Å². The van der Waals surface area contributed by atoms with Crippen molar-refractivity contribution in [1.82, 2.24) is 4.98 Å². The molecule has 0 radical (unpaired) electrons. The van der Waals surface area contributed by atoms with Crippen LogP contribution in [0, 0.1) is 12.7 Å². The van der Waals surface area contributed by atoms with E-state index < -0.39 is 0 Å². The van der Waals surface area contributed by atoms with Crippen LogP contribution in [0.1, 0.15) is 18.2 Å². The molecule has 3 heteroatoms. The fourth-order valence-corrected chi connectivity index (χ4v) is 3.20. The van der Waals surface area contributed by atoms with Gasteiger partial charge in [-0.05, 0) is 61.4 Å². The summed E-state index contributed by atoms with van der Waals surface area (Å²) in [4.78, 5) is 4.77. The van der Waals surface area contributed by atoms with E-state index in [1.165, 1.54) is 12.1 Å². The van der Waals surface area contributed by atoms with Gasteiger partial charge in [0, 0.05) is 15.4 Å². The lowest BCUT2D eigenvalue weighted by atomic mass is 10.0. The molecule has 1 nitrogen and oxygen atoms in total. The number of benzene rings is 2. The predicted octanol–water partition coefficient (Wildman–Crippen LogP) is 6.14. The third-order valence-electron chi connectivity index (χ3n) is 3.54. The van der Waals surface area contributed by atoms with E-state index in [-0.39, 0.29) is 5.82 Å². The van der Waals surface area contributed by atoms with Crippen LogP contribution in [0.3, 0.4) is 0 Å². The molecule has 0 aliphatic rings. The quantitative estimate of drug-likeness (QED) is 0.537. The summed E-state index contributed by atoms with van der Waals surface area (Å²) in [5, 5.41) is 1.05. The minimum absolute atomic E-state index is 0.234.